The summed E-state index contributed by atoms with van der Waals surface area (Å²) in [6, 6.07) is 7.85. The van der Waals surface area contributed by atoms with E-state index in [-0.39, 0.29) is 17.1 Å². The zero-order valence-corrected chi connectivity index (χ0v) is 13.4. The van der Waals surface area contributed by atoms with Crippen LogP contribution in [-0.2, 0) is 4.79 Å². The van der Waals surface area contributed by atoms with Gasteiger partial charge in [-0.25, -0.2) is 0 Å². The second kappa shape index (κ2) is 7.71. The number of furan rings is 1. The summed E-state index contributed by atoms with van der Waals surface area (Å²) in [4.78, 5) is 23.6. The molecule has 6 nitrogen and oxygen atoms in total. The Morgan fingerprint density at radius 1 is 1.17 bits per heavy atom. The molecular formula is C15H13Cl2N3O3. The second-order valence-corrected chi connectivity index (χ2v) is 5.28. The summed E-state index contributed by atoms with van der Waals surface area (Å²) in [5.74, 6) is -0.454. The molecule has 23 heavy (non-hydrogen) atoms. The fraction of sp³-hybridized carbons (Fsp3) is 0.0667. The van der Waals surface area contributed by atoms with Crippen molar-refractivity contribution in [3.63, 3.8) is 0 Å². The third-order valence-corrected chi connectivity index (χ3v) is 3.30. The largest absolute Gasteiger partial charge is 0.463 e. The summed E-state index contributed by atoms with van der Waals surface area (Å²) in [5, 5.41) is 3.08. The van der Waals surface area contributed by atoms with Crippen molar-refractivity contribution in [3.05, 3.63) is 64.5 Å². The van der Waals surface area contributed by atoms with Crippen LogP contribution in [0.2, 0.25) is 10.0 Å². The van der Waals surface area contributed by atoms with Gasteiger partial charge < -0.3 is 9.73 Å². The van der Waals surface area contributed by atoms with Crippen LogP contribution in [-0.4, -0.2) is 18.4 Å². The molecule has 0 aliphatic carbocycles. The minimum absolute atomic E-state index is 0.208. The first kappa shape index (κ1) is 16.9. The standard InChI is InChI=1S/C15H13Cl2N3O3/c1-9(13-3-2-6-23-13)19-20-14(21)8-18-15(22)11-5-4-10(16)7-12(11)17/h2-7,19H,1,8H2,(H,18,22)(H,20,21). The van der Waals surface area contributed by atoms with Crippen LogP contribution in [0.1, 0.15) is 16.1 Å². The van der Waals surface area contributed by atoms with Gasteiger partial charge in [0.15, 0.2) is 5.76 Å². The molecule has 2 rings (SSSR count). The average Bonchev–Trinajstić information content (AvgIpc) is 3.04. The summed E-state index contributed by atoms with van der Waals surface area (Å²) >= 11 is 11.7. The Kier molecular flexibility index (Phi) is 5.67. The maximum atomic E-state index is 11.9. The molecule has 1 heterocycles. The Morgan fingerprint density at radius 2 is 1.96 bits per heavy atom. The van der Waals surface area contributed by atoms with Gasteiger partial charge in [-0.15, -0.1) is 0 Å². The predicted octanol–water partition coefficient (Wildman–Crippen LogP) is 2.61. The average molecular weight is 354 g/mol. The van der Waals surface area contributed by atoms with Crippen LogP contribution in [0.25, 0.3) is 5.70 Å². The highest BCUT2D eigenvalue weighted by Gasteiger charge is 2.12. The summed E-state index contributed by atoms with van der Waals surface area (Å²) in [7, 11) is 0. The molecule has 1 aromatic heterocycles. The van der Waals surface area contributed by atoms with Crippen LogP contribution < -0.4 is 16.2 Å². The van der Waals surface area contributed by atoms with Crippen molar-refractivity contribution in [2.75, 3.05) is 6.54 Å². The molecule has 2 aromatic rings. The molecular weight excluding hydrogens is 341 g/mol. The summed E-state index contributed by atoms with van der Waals surface area (Å²) in [5.41, 5.74) is 5.59. The number of carbonyl (C=O) groups is 2. The van der Waals surface area contributed by atoms with E-state index in [1.807, 2.05) is 0 Å². The molecule has 1 aromatic carbocycles. The fourth-order valence-electron chi connectivity index (χ4n) is 1.63. The Hall–Kier alpha value is -2.44. The first-order valence-electron chi connectivity index (χ1n) is 6.48. The molecule has 2 amide bonds. The van der Waals surface area contributed by atoms with E-state index in [1.54, 1.807) is 12.1 Å². The fourth-order valence-corrected chi connectivity index (χ4v) is 2.12. The number of benzene rings is 1. The van der Waals surface area contributed by atoms with Crippen LogP contribution in [0, 0.1) is 0 Å². The van der Waals surface area contributed by atoms with Gasteiger partial charge in [0.1, 0.15) is 0 Å². The van der Waals surface area contributed by atoms with E-state index < -0.39 is 11.8 Å². The molecule has 0 spiro atoms. The van der Waals surface area contributed by atoms with Gasteiger partial charge >= 0.3 is 0 Å². The van der Waals surface area contributed by atoms with Crippen molar-refractivity contribution < 1.29 is 14.0 Å². The van der Waals surface area contributed by atoms with Crippen molar-refractivity contribution in [2.45, 2.75) is 0 Å². The third kappa shape index (κ3) is 4.77. The third-order valence-electron chi connectivity index (χ3n) is 2.76. The highest BCUT2D eigenvalue weighted by atomic mass is 35.5. The van der Waals surface area contributed by atoms with Crippen LogP contribution in [0.3, 0.4) is 0 Å². The number of halogens is 2. The highest BCUT2D eigenvalue weighted by Crippen LogP contribution is 2.20. The first-order valence-corrected chi connectivity index (χ1v) is 7.24. The topological polar surface area (TPSA) is 83.4 Å². The Morgan fingerprint density at radius 3 is 2.61 bits per heavy atom. The summed E-state index contributed by atoms with van der Waals surface area (Å²) < 4.78 is 5.10. The number of hydrogen-bond donors (Lipinski definition) is 3. The SMILES string of the molecule is C=C(NNC(=O)CNC(=O)c1ccc(Cl)cc1Cl)c1ccco1. The maximum absolute atomic E-state index is 11.9. The molecule has 0 atom stereocenters. The first-order chi connectivity index (χ1) is 11.0. The molecule has 0 aliphatic rings. The molecule has 120 valence electrons. The van der Waals surface area contributed by atoms with Gasteiger partial charge in [0, 0.05) is 5.02 Å². The number of carbonyl (C=O) groups excluding carboxylic acids is 2. The van der Waals surface area contributed by atoms with Gasteiger partial charge in [-0.3, -0.25) is 20.4 Å². The van der Waals surface area contributed by atoms with E-state index in [9.17, 15) is 9.59 Å². The number of hydrogen-bond acceptors (Lipinski definition) is 4. The minimum Gasteiger partial charge on any atom is -0.463 e. The zero-order chi connectivity index (χ0) is 16.8. The van der Waals surface area contributed by atoms with Crippen molar-refractivity contribution in [3.8, 4) is 0 Å². The van der Waals surface area contributed by atoms with Gasteiger partial charge in [-0.1, -0.05) is 29.8 Å². The molecule has 0 bridgehead atoms. The van der Waals surface area contributed by atoms with Crippen molar-refractivity contribution in [2.24, 2.45) is 0 Å². The van der Waals surface area contributed by atoms with E-state index in [2.05, 4.69) is 22.7 Å². The normalized spacial score (nSPS) is 10.0. The smallest absolute Gasteiger partial charge is 0.257 e. The van der Waals surface area contributed by atoms with Gasteiger partial charge in [0.05, 0.1) is 29.1 Å². The molecule has 0 unspecified atom stereocenters. The molecule has 0 saturated heterocycles. The summed E-state index contributed by atoms with van der Waals surface area (Å²) in [6.45, 7) is 3.46. The minimum atomic E-state index is -0.480. The highest BCUT2D eigenvalue weighted by molar-refractivity contribution is 6.36. The van der Waals surface area contributed by atoms with Crippen LogP contribution in [0.5, 0.6) is 0 Å². The van der Waals surface area contributed by atoms with E-state index in [4.69, 9.17) is 27.6 Å². The monoisotopic (exact) mass is 353 g/mol. The molecule has 0 radical (unpaired) electrons. The van der Waals surface area contributed by atoms with Gasteiger partial charge in [-0.05, 0) is 30.3 Å². The number of amides is 2. The van der Waals surface area contributed by atoms with Gasteiger partial charge in [0.2, 0.25) is 0 Å². The van der Waals surface area contributed by atoms with Crippen molar-refractivity contribution in [1.82, 2.24) is 16.2 Å². The van der Waals surface area contributed by atoms with Crippen molar-refractivity contribution in [1.29, 1.82) is 0 Å². The quantitative estimate of drug-likeness (QED) is 0.697. The number of rotatable bonds is 6. The van der Waals surface area contributed by atoms with E-state index >= 15 is 0 Å². The molecule has 0 fully saturated rings. The van der Waals surface area contributed by atoms with Crippen LogP contribution in [0.15, 0.2) is 47.6 Å². The van der Waals surface area contributed by atoms with Gasteiger partial charge in [-0.2, -0.15) is 0 Å². The Bertz CT molecular complexity index is 730. The Labute approximate surface area is 142 Å². The molecule has 0 saturated carbocycles. The number of hydrazine groups is 1. The van der Waals surface area contributed by atoms with Crippen molar-refractivity contribution >= 4 is 40.7 Å². The summed E-state index contributed by atoms with van der Waals surface area (Å²) in [6.07, 6.45) is 1.49. The predicted molar refractivity (Wildman–Crippen MR) is 87.8 cm³/mol. The zero-order valence-electron chi connectivity index (χ0n) is 11.9. The lowest BCUT2D eigenvalue weighted by Gasteiger charge is -2.10. The van der Waals surface area contributed by atoms with E-state index in [0.29, 0.717) is 16.5 Å². The van der Waals surface area contributed by atoms with E-state index in [1.165, 1.54) is 24.5 Å². The lowest BCUT2D eigenvalue weighted by molar-refractivity contribution is -0.120. The van der Waals surface area contributed by atoms with Gasteiger partial charge in [0.25, 0.3) is 11.8 Å². The Balaban J connectivity index is 1.80. The molecule has 3 N–H and O–H groups in total. The van der Waals surface area contributed by atoms with Crippen LogP contribution in [0.4, 0.5) is 0 Å². The molecule has 8 heteroatoms. The maximum Gasteiger partial charge on any atom is 0.257 e. The molecule has 0 aliphatic heterocycles. The lowest BCUT2D eigenvalue weighted by Crippen LogP contribution is -2.42. The lowest BCUT2D eigenvalue weighted by atomic mass is 10.2. The number of nitrogens with one attached hydrogen (secondary N) is 3. The van der Waals surface area contributed by atoms with E-state index in [0.717, 1.165) is 0 Å². The van der Waals surface area contributed by atoms with Crippen LogP contribution >= 0.6 is 23.2 Å². The second-order valence-electron chi connectivity index (χ2n) is 4.44.